The summed E-state index contributed by atoms with van der Waals surface area (Å²) < 4.78 is 5.03. The van der Waals surface area contributed by atoms with Crippen molar-refractivity contribution in [3.05, 3.63) is 12.3 Å². The molecule has 1 atom stereocenters. The maximum Gasteiger partial charge on any atom is 0.318 e. The fourth-order valence-corrected chi connectivity index (χ4v) is 0.773. The average Bonchev–Trinajstić information content (AvgIpc) is 2.26. The molecule has 1 unspecified atom stereocenters. The Bertz CT molecular complexity index is 282. The van der Waals surface area contributed by atoms with Crippen LogP contribution in [0.1, 0.15) is 0 Å². The average molecular weight is 199 g/mol. The highest BCUT2D eigenvalue weighted by Gasteiger charge is 2.04. The van der Waals surface area contributed by atoms with Gasteiger partial charge in [0.2, 0.25) is 0 Å². The van der Waals surface area contributed by atoms with E-state index >= 15 is 0 Å². The maximum absolute atomic E-state index is 9.00. The van der Waals surface area contributed by atoms with E-state index in [2.05, 4.69) is 15.3 Å². The lowest BCUT2D eigenvalue weighted by atomic mass is 10.4. The summed E-state index contributed by atoms with van der Waals surface area (Å²) in [6.07, 6.45) is 0.635. The van der Waals surface area contributed by atoms with Gasteiger partial charge in [-0.3, -0.25) is 0 Å². The van der Waals surface area contributed by atoms with Crippen LogP contribution in [-0.4, -0.2) is 46.5 Å². The van der Waals surface area contributed by atoms with Crippen LogP contribution < -0.4 is 10.1 Å². The number of hydrogen-bond donors (Lipinski definition) is 3. The fourth-order valence-electron chi connectivity index (χ4n) is 0.773. The molecule has 0 bridgehead atoms. The van der Waals surface area contributed by atoms with Crippen molar-refractivity contribution < 1.29 is 14.9 Å². The van der Waals surface area contributed by atoms with Crippen molar-refractivity contribution in [3.8, 4) is 6.01 Å². The van der Waals surface area contributed by atoms with Crippen LogP contribution in [-0.2, 0) is 0 Å². The van der Waals surface area contributed by atoms with Gasteiger partial charge < -0.3 is 20.3 Å². The van der Waals surface area contributed by atoms with Crippen molar-refractivity contribution in [2.24, 2.45) is 0 Å². The van der Waals surface area contributed by atoms with E-state index in [9.17, 15) is 0 Å². The molecule has 0 fully saturated rings. The molecule has 14 heavy (non-hydrogen) atoms. The Morgan fingerprint density at radius 1 is 1.64 bits per heavy atom. The summed E-state index contributed by atoms with van der Waals surface area (Å²) in [5.41, 5.74) is 0. The van der Waals surface area contributed by atoms with Gasteiger partial charge in [-0.25, -0.2) is 4.98 Å². The minimum absolute atomic E-state index is 0.0241. The van der Waals surface area contributed by atoms with Crippen molar-refractivity contribution in [1.82, 2.24) is 9.97 Å². The van der Waals surface area contributed by atoms with E-state index < -0.39 is 6.10 Å². The molecule has 0 aliphatic rings. The third-order valence-electron chi connectivity index (χ3n) is 1.51. The van der Waals surface area contributed by atoms with Crippen LogP contribution in [0.25, 0.3) is 0 Å². The van der Waals surface area contributed by atoms with Gasteiger partial charge >= 0.3 is 6.01 Å². The van der Waals surface area contributed by atoms with E-state index in [4.69, 9.17) is 14.9 Å². The lowest BCUT2D eigenvalue weighted by Gasteiger charge is -2.08. The molecule has 0 saturated heterocycles. The Balaban J connectivity index is 2.50. The van der Waals surface area contributed by atoms with Crippen molar-refractivity contribution in [1.29, 1.82) is 0 Å². The maximum atomic E-state index is 9.00. The summed E-state index contributed by atoms with van der Waals surface area (Å²) in [7, 11) is 1.73. The zero-order valence-electron chi connectivity index (χ0n) is 7.84. The molecule has 1 heterocycles. The van der Waals surface area contributed by atoms with Gasteiger partial charge in [-0.05, 0) is 6.07 Å². The molecular weight excluding hydrogens is 186 g/mol. The predicted octanol–water partition coefficient (Wildman–Crippen LogP) is -0.750. The molecule has 1 aromatic heterocycles. The van der Waals surface area contributed by atoms with Gasteiger partial charge in [0, 0.05) is 13.2 Å². The van der Waals surface area contributed by atoms with Gasteiger partial charge in [-0.2, -0.15) is 4.98 Å². The number of nitrogens with one attached hydrogen (secondary N) is 1. The third-order valence-corrected chi connectivity index (χ3v) is 1.51. The van der Waals surface area contributed by atoms with Crippen molar-refractivity contribution in [2.75, 3.05) is 25.6 Å². The van der Waals surface area contributed by atoms with Crippen LogP contribution in [0.4, 0.5) is 5.82 Å². The molecule has 0 aromatic carbocycles. The van der Waals surface area contributed by atoms with Crippen LogP contribution in [0.3, 0.4) is 0 Å². The number of rotatable bonds is 5. The van der Waals surface area contributed by atoms with E-state index in [0.717, 1.165) is 0 Å². The first kappa shape index (κ1) is 10.7. The molecular formula is C8H13N3O3. The molecule has 6 nitrogen and oxygen atoms in total. The van der Waals surface area contributed by atoms with Crippen LogP contribution in [0, 0.1) is 0 Å². The Morgan fingerprint density at radius 3 is 3.07 bits per heavy atom. The molecule has 3 N–H and O–H groups in total. The third kappa shape index (κ3) is 3.15. The molecule has 6 heteroatoms. The van der Waals surface area contributed by atoms with Crippen LogP contribution in [0.2, 0.25) is 0 Å². The van der Waals surface area contributed by atoms with Gasteiger partial charge in [0.1, 0.15) is 18.5 Å². The van der Waals surface area contributed by atoms with Crippen molar-refractivity contribution in [3.63, 3.8) is 0 Å². The number of aliphatic hydroxyl groups is 2. The highest BCUT2D eigenvalue weighted by molar-refractivity contribution is 5.32. The second-order valence-corrected chi connectivity index (χ2v) is 2.62. The zero-order valence-corrected chi connectivity index (χ0v) is 7.84. The van der Waals surface area contributed by atoms with E-state index in [1.165, 1.54) is 0 Å². The molecule has 0 radical (unpaired) electrons. The summed E-state index contributed by atoms with van der Waals surface area (Å²) in [5.74, 6) is 0.633. The lowest BCUT2D eigenvalue weighted by molar-refractivity contribution is 0.0505. The standard InChI is InChI=1S/C8H13N3O3/c1-9-7-2-3-10-8(11-7)14-5-6(13)4-12/h2-3,6,12-13H,4-5H2,1H3,(H,9,10,11). The van der Waals surface area contributed by atoms with Gasteiger partial charge in [-0.1, -0.05) is 0 Å². The van der Waals surface area contributed by atoms with Gasteiger partial charge in [0.25, 0.3) is 0 Å². The van der Waals surface area contributed by atoms with Gasteiger partial charge in [0.05, 0.1) is 6.61 Å². The lowest BCUT2D eigenvalue weighted by Crippen LogP contribution is -2.22. The van der Waals surface area contributed by atoms with Crippen LogP contribution in [0.5, 0.6) is 6.01 Å². The number of ether oxygens (including phenoxy) is 1. The Hall–Kier alpha value is -1.40. The molecule has 0 aliphatic carbocycles. The summed E-state index contributed by atoms with van der Waals surface area (Å²) in [5, 5.41) is 20.4. The smallest absolute Gasteiger partial charge is 0.318 e. The van der Waals surface area contributed by atoms with E-state index in [0.29, 0.717) is 5.82 Å². The monoisotopic (exact) mass is 199 g/mol. The van der Waals surface area contributed by atoms with Crippen molar-refractivity contribution >= 4 is 5.82 Å². The van der Waals surface area contributed by atoms with E-state index in [1.807, 2.05) is 0 Å². The number of aliphatic hydroxyl groups excluding tert-OH is 2. The SMILES string of the molecule is CNc1ccnc(OCC(O)CO)n1. The topological polar surface area (TPSA) is 87.5 Å². The first-order valence-corrected chi connectivity index (χ1v) is 4.18. The Labute approximate surface area is 81.6 Å². The molecule has 0 spiro atoms. The molecule has 78 valence electrons. The minimum Gasteiger partial charge on any atom is -0.461 e. The van der Waals surface area contributed by atoms with Crippen LogP contribution >= 0.6 is 0 Å². The van der Waals surface area contributed by atoms with Gasteiger partial charge in [-0.15, -0.1) is 0 Å². The summed E-state index contributed by atoms with van der Waals surface area (Å²) in [4.78, 5) is 7.79. The normalized spacial score (nSPS) is 12.2. The van der Waals surface area contributed by atoms with Gasteiger partial charge in [0.15, 0.2) is 0 Å². The molecule has 0 saturated carbocycles. The predicted molar refractivity (Wildman–Crippen MR) is 50.2 cm³/mol. The van der Waals surface area contributed by atoms with Crippen LogP contribution in [0.15, 0.2) is 12.3 Å². The summed E-state index contributed by atoms with van der Waals surface area (Å²) in [6, 6.07) is 1.86. The quantitative estimate of drug-likeness (QED) is 0.578. The first-order chi connectivity index (χ1) is 6.76. The second kappa shape index (κ2) is 5.36. The zero-order chi connectivity index (χ0) is 10.4. The summed E-state index contributed by atoms with van der Waals surface area (Å²) >= 11 is 0. The first-order valence-electron chi connectivity index (χ1n) is 4.18. The molecule has 1 rings (SSSR count). The molecule has 0 amide bonds. The largest absolute Gasteiger partial charge is 0.461 e. The number of aromatic nitrogens is 2. The van der Waals surface area contributed by atoms with Crippen molar-refractivity contribution in [2.45, 2.75) is 6.10 Å². The molecule has 0 aliphatic heterocycles. The van der Waals surface area contributed by atoms with E-state index in [1.54, 1.807) is 19.3 Å². The number of anilines is 1. The fraction of sp³-hybridized carbons (Fsp3) is 0.500. The second-order valence-electron chi connectivity index (χ2n) is 2.62. The Morgan fingerprint density at radius 2 is 2.43 bits per heavy atom. The van der Waals surface area contributed by atoms with E-state index in [-0.39, 0.29) is 19.2 Å². The highest BCUT2D eigenvalue weighted by Crippen LogP contribution is 2.06. The summed E-state index contributed by atoms with van der Waals surface area (Å²) in [6.45, 7) is -0.366. The minimum atomic E-state index is -0.906. The number of nitrogens with zero attached hydrogens (tertiary/aromatic N) is 2. The number of hydrogen-bond acceptors (Lipinski definition) is 6. The Kier molecular flexibility index (Phi) is 4.09. The molecule has 1 aromatic rings. The highest BCUT2D eigenvalue weighted by atomic mass is 16.5.